The Balaban J connectivity index is 1.43. The van der Waals surface area contributed by atoms with Gasteiger partial charge >= 0.3 is 0 Å². The minimum atomic E-state index is -0.245. The van der Waals surface area contributed by atoms with E-state index in [9.17, 15) is 14.0 Å². The van der Waals surface area contributed by atoms with Crippen LogP contribution in [-0.4, -0.2) is 41.1 Å². The van der Waals surface area contributed by atoms with Crippen molar-refractivity contribution in [1.29, 1.82) is 0 Å². The number of nitrogens with zero attached hydrogens (tertiary/aromatic N) is 2. The van der Waals surface area contributed by atoms with E-state index in [0.717, 1.165) is 30.6 Å². The number of hydrogen-bond acceptors (Lipinski definition) is 4. The molecule has 0 radical (unpaired) electrons. The smallest absolute Gasteiger partial charge is 0.263 e. The molecule has 0 aliphatic carbocycles. The van der Waals surface area contributed by atoms with Crippen LogP contribution in [0.3, 0.4) is 0 Å². The molecule has 2 atom stereocenters. The van der Waals surface area contributed by atoms with E-state index >= 15 is 0 Å². The summed E-state index contributed by atoms with van der Waals surface area (Å²) in [5, 5.41) is 0. The van der Waals surface area contributed by atoms with Gasteiger partial charge < -0.3 is 9.47 Å². The molecule has 1 aromatic heterocycles. The number of aromatic nitrogens is 1. The normalized spacial score (nSPS) is 22.8. The summed E-state index contributed by atoms with van der Waals surface area (Å²) in [5.41, 5.74) is 8.39. The number of rotatable bonds is 3. The Morgan fingerprint density at radius 1 is 1.17 bits per heavy atom. The molecular weight excluding hydrogens is 371 g/mol. The van der Waals surface area contributed by atoms with Crippen LogP contribution < -0.4 is 16.4 Å². The second-order valence-corrected chi connectivity index (χ2v) is 8.09. The number of pyridine rings is 1. The summed E-state index contributed by atoms with van der Waals surface area (Å²) in [5.74, 6) is 0.169. The molecule has 6 nitrogen and oxygen atoms in total. The van der Waals surface area contributed by atoms with Crippen LogP contribution in [0.25, 0.3) is 0 Å². The fourth-order valence-corrected chi connectivity index (χ4v) is 4.55. The van der Waals surface area contributed by atoms with Crippen LogP contribution in [0.2, 0.25) is 0 Å². The summed E-state index contributed by atoms with van der Waals surface area (Å²) >= 11 is 0. The minimum absolute atomic E-state index is 0.191. The van der Waals surface area contributed by atoms with Crippen molar-refractivity contribution in [2.24, 2.45) is 13.0 Å². The van der Waals surface area contributed by atoms with Crippen LogP contribution in [0.4, 0.5) is 4.39 Å². The lowest BCUT2D eigenvalue weighted by atomic mass is 9.80. The van der Waals surface area contributed by atoms with Gasteiger partial charge in [-0.15, -0.1) is 0 Å². The van der Waals surface area contributed by atoms with Crippen molar-refractivity contribution < 1.29 is 9.18 Å². The van der Waals surface area contributed by atoms with Crippen molar-refractivity contribution in [3.05, 3.63) is 69.4 Å². The number of carbonyl (C=O) groups is 1. The number of aryl methyl sites for hydroxylation is 1. The molecule has 2 fully saturated rings. The largest absolute Gasteiger partial charge is 0.338 e. The van der Waals surface area contributed by atoms with Crippen molar-refractivity contribution in [3.63, 3.8) is 0 Å². The van der Waals surface area contributed by atoms with E-state index in [-0.39, 0.29) is 34.8 Å². The maximum absolute atomic E-state index is 13.7. The van der Waals surface area contributed by atoms with Crippen molar-refractivity contribution in [3.8, 4) is 0 Å². The zero-order chi connectivity index (χ0) is 20.5. The molecule has 29 heavy (non-hydrogen) atoms. The van der Waals surface area contributed by atoms with Gasteiger partial charge in [0, 0.05) is 44.3 Å². The predicted molar refractivity (Wildman–Crippen MR) is 109 cm³/mol. The molecule has 2 aliphatic heterocycles. The number of benzene rings is 1. The third-order valence-corrected chi connectivity index (χ3v) is 6.42. The summed E-state index contributed by atoms with van der Waals surface area (Å²) < 4.78 is 15.2. The Bertz CT molecular complexity index is 966. The van der Waals surface area contributed by atoms with E-state index < -0.39 is 0 Å². The van der Waals surface area contributed by atoms with Crippen LogP contribution in [0.5, 0.6) is 0 Å². The highest BCUT2D eigenvalue weighted by atomic mass is 19.1. The van der Waals surface area contributed by atoms with Crippen LogP contribution in [-0.2, 0) is 7.05 Å². The molecule has 2 N–H and O–H groups in total. The lowest BCUT2D eigenvalue weighted by molar-refractivity contribution is 0.0667. The van der Waals surface area contributed by atoms with E-state index in [4.69, 9.17) is 0 Å². The number of hydrazine groups is 1. The second-order valence-electron chi connectivity index (χ2n) is 8.09. The molecule has 2 aliphatic rings. The Morgan fingerprint density at radius 3 is 2.66 bits per heavy atom. The molecule has 2 saturated heterocycles. The van der Waals surface area contributed by atoms with E-state index in [1.807, 2.05) is 13.0 Å². The highest BCUT2D eigenvalue weighted by Crippen LogP contribution is 2.32. The van der Waals surface area contributed by atoms with Gasteiger partial charge in [-0.05, 0) is 55.5 Å². The van der Waals surface area contributed by atoms with Gasteiger partial charge in [0.15, 0.2) is 0 Å². The molecule has 0 bridgehead atoms. The van der Waals surface area contributed by atoms with E-state index in [0.29, 0.717) is 19.0 Å². The van der Waals surface area contributed by atoms with Gasteiger partial charge in [-0.1, -0.05) is 12.1 Å². The topological polar surface area (TPSA) is 66.4 Å². The van der Waals surface area contributed by atoms with E-state index in [1.54, 1.807) is 36.2 Å². The van der Waals surface area contributed by atoms with E-state index in [1.165, 1.54) is 10.6 Å². The van der Waals surface area contributed by atoms with Crippen LogP contribution in [0.1, 0.15) is 40.4 Å². The lowest BCUT2D eigenvalue weighted by Gasteiger charge is -2.36. The summed E-state index contributed by atoms with van der Waals surface area (Å²) in [6, 6.07) is 10.4. The van der Waals surface area contributed by atoms with Crippen molar-refractivity contribution in [2.75, 3.05) is 19.6 Å². The molecule has 1 amide bonds. The minimum Gasteiger partial charge on any atom is -0.338 e. The Hall–Kier alpha value is -2.51. The first-order valence-electron chi connectivity index (χ1n) is 10.2. The van der Waals surface area contributed by atoms with Gasteiger partial charge in [-0.2, -0.15) is 0 Å². The van der Waals surface area contributed by atoms with Gasteiger partial charge in [0.1, 0.15) is 11.4 Å². The zero-order valence-electron chi connectivity index (χ0n) is 16.8. The number of piperidine rings is 1. The number of nitrogens with one attached hydrogen (secondary N) is 2. The Labute approximate surface area is 169 Å². The fraction of sp³-hybridized carbons (Fsp3) is 0.455. The Kier molecular flexibility index (Phi) is 5.52. The highest BCUT2D eigenvalue weighted by Gasteiger charge is 2.37. The van der Waals surface area contributed by atoms with Crippen molar-refractivity contribution in [2.45, 2.75) is 31.7 Å². The number of halogens is 1. The first kappa shape index (κ1) is 19.8. The third kappa shape index (κ3) is 3.84. The van der Waals surface area contributed by atoms with Crippen LogP contribution >= 0.6 is 0 Å². The fourth-order valence-electron chi connectivity index (χ4n) is 4.55. The van der Waals surface area contributed by atoms with Crippen molar-refractivity contribution in [1.82, 2.24) is 20.3 Å². The first-order chi connectivity index (χ1) is 14.0. The maximum Gasteiger partial charge on any atom is 0.263 e. The van der Waals surface area contributed by atoms with Gasteiger partial charge in [0.25, 0.3) is 11.5 Å². The van der Waals surface area contributed by atoms with Crippen molar-refractivity contribution >= 4 is 5.91 Å². The average molecular weight is 398 g/mol. The second kappa shape index (κ2) is 8.08. The summed E-state index contributed by atoms with van der Waals surface area (Å²) in [6.07, 6.45) is 1.70. The van der Waals surface area contributed by atoms with Crippen LogP contribution in [0.15, 0.2) is 41.2 Å². The Morgan fingerprint density at radius 2 is 1.93 bits per heavy atom. The first-order valence-corrected chi connectivity index (χ1v) is 10.2. The average Bonchev–Trinajstić information content (AvgIpc) is 3.22. The maximum atomic E-state index is 13.7. The van der Waals surface area contributed by atoms with E-state index in [2.05, 4.69) is 10.9 Å². The molecule has 4 rings (SSSR count). The summed E-state index contributed by atoms with van der Waals surface area (Å²) in [7, 11) is 1.69. The number of amides is 1. The van der Waals surface area contributed by atoms with Gasteiger partial charge in [-0.3, -0.25) is 20.4 Å². The quantitative estimate of drug-likeness (QED) is 0.830. The highest BCUT2D eigenvalue weighted by molar-refractivity contribution is 5.93. The molecule has 7 heteroatoms. The summed E-state index contributed by atoms with van der Waals surface area (Å²) in [6.45, 7) is 3.84. The molecule has 0 spiro atoms. The molecule has 3 heterocycles. The molecule has 1 aromatic carbocycles. The predicted octanol–water partition coefficient (Wildman–Crippen LogP) is 1.95. The van der Waals surface area contributed by atoms with Gasteiger partial charge in [0.2, 0.25) is 0 Å². The van der Waals surface area contributed by atoms with Gasteiger partial charge in [-0.25, -0.2) is 4.39 Å². The van der Waals surface area contributed by atoms with Crippen LogP contribution in [0, 0.1) is 18.7 Å². The molecule has 154 valence electrons. The molecule has 2 unspecified atom stereocenters. The SMILES string of the molecule is Cc1ccc(C(=O)N2CCC(C3NNCC3c3cccc(F)c3)CC2)c(=O)n1C. The standard InChI is InChI=1S/C22H27FN4O2/c1-14-6-7-18(21(28)26(14)2)22(29)27-10-8-15(9-11-27)20-19(13-24-25-20)16-4-3-5-17(23)12-16/h3-7,12,15,19-20,24-25H,8-11,13H2,1-2H3. The zero-order valence-corrected chi connectivity index (χ0v) is 16.8. The van der Waals surface area contributed by atoms with Gasteiger partial charge in [0.05, 0.1) is 0 Å². The monoisotopic (exact) mass is 398 g/mol. The third-order valence-electron chi connectivity index (χ3n) is 6.42. The molecule has 2 aromatic rings. The molecule has 0 saturated carbocycles. The summed E-state index contributed by atoms with van der Waals surface area (Å²) in [4.78, 5) is 27.1. The number of carbonyl (C=O) groups excluding carboxylic acids is 1. The molecular formula is C22H27FN4O2. The number of likely N-dealkylation sites (tertiary alicyclic amines) is 1. The number of hydrogen-bond donors (Lipinski definition) is 2. The lowest BCUT2D eigenvalue weighted by Crippen LogP contribution is -2.46.